The number of allylic oxidation sites excluding steroid dienone is 2. The zero-order valence-electron chi connectivity index (χ0n) is 7.42. The molecule has 0 bridgehead atoms. The molecule has 0 fully saturated rings. The number of rotatable bonds is 1. The fourth-order valence-electron chi connectivity index (χ4n) is 1.59. The van der Waals surface area contributed by atoms with Gasteiger partial charge in [0.15, 0.2) is 0 Å². The van der Waals surface area contributed by atoms with E-state index in [1.807, 2.05) is 0 Å². The van der Waals surface area contributed by atoms with Crippen LogP contribution in [0.25, 0.3) is 0 Å². The Hall–Kier alpha value is -0.300. The molecule has 1 aliphatic rings. The van der Waals surface area contributed by atoms with E-state index in [2.05, 4.69) is 19.1 Å². The normalized spacial score (nSPS) is 35.8. The van der Waals surface area contributed by atoms with Crippen molar-refractivity contribution in [2.75, 3.05) is 6.54 Å². The Kier molecular flexibility index (Phi) is 3.64. The average molecular weight is 153 g/mol. The van der Waals surface area contributed by atoms with Crippen LogP contribution in [0.5, 0.6) is 0 Å². The lowest BCUT2D eigenvalue weighted by Gasteiger charge is -2.17. The molecular weight excluding hydrogens is 134 g/mol. The molecule has 0 radical (unpaired) electrons. The molecule has 1 unspecified atom stereocenters. The number of nitrogens with two attached hydrogens (primary N) is 1. The van der Waals surface area contributed by atoms with Crippen LogP contribution in [0.2, 0.25) is 0 Å². The van der Waals surface area contributed by atoms with E-state index in [-0.39, 0.29) is 0 Å². The number of hydrogen-bond acceptors (Lipinski definition) is 1. The van der Waals surface area contributed by atoms with Gasteiger partial charge < -0.3 is 5.73 Å². The van der Waals surface area contributed by atoms with Crippen LogP contribution in [0.3, 0.4) is 0 Å². The summed E-state index contributed by atoms with van der Waals surface area (Å²) < 4.78 is 0. The molecular formula is C10H19N. The van der Waals surface area contributed by atoms with Gasteiger partial charge in [-0.1, -0.05) is 25.5 Å². The fourth-order valence-corrected chi connectivity index (χ4v) is 1.59. The smallest absolute Gasteiger partial charge is 0.00459 e. The first-order valence-corrected chi connectivity index (χ1v) is 4.68. The Morgan fingerprint density at radius 1 is 1.27 bits per heavy atom. The summed E-state index contributed by atoms with van der Waals surface area (Å²) in [6, 6.07) is 0. The first kappa shape index (κ1) is 8.79. The minimum atomic E-state index is 0.744. The largest absolute Gasteiger partial charge is 0.330 e. The van der Waals surface area contributed by atoms with Crippen molar-refractivity contribution in [1.82, 2.24) is 0 Å². The maximum absolute atomic E-state index is 5.64. The van der Waals surface area contributed by atoms with E-state index >= 15 is 0 Å². The van der Waals surface area contributed by atoms with E-state index in [0.717, 1.165) is 18.4 Å². The molecule has 2 atom stereocenters. The van der Waals surface area contributed by atoms with Gasteiger partial charge in [0.2, 0.25) is 0 Å². The standard InChI is InChI=1S/C10H19N/c1-9-4-2-3-5-10(8-11)7-6-9/h2-3,9-10H,4-8,11H2,1H3/b3-2-/t9-,10?/m0/s1. The molecule has 1 nitrogen and oxygen atoms in total. The summed E-state index contributed by atoms with van der Waals surface area (Å²) in [5.74, 6) is 1.61. The Balaban J connectivity index is 2.38. The van der Waals surface area contributed by atoms with Crippen LogP contribution in [0, 0.1) is 11.8 Å². The topological polar surface area (TPSA) is 26.0 Å². The molecule has 1 heteroatoms. The lowest BCUT2D eigenvalue weighted by Crippen LogP contribution is -2.15. The summed E-state index contributed by atoms with van der Waals surface area (Å²) >= 11 is 0. The monoisotopic (exact) mass is 153 g/mol. The van der Waals surface area contributed by atoms with Crippen molar-refractivity contribution in [1.29, 1.82) is 0 Å². The van der Waals surface area contributed by atoms with E-state index in [1.165, 1.54) is 25.7 Å². The molecule has 0 aliphatic heterocycles. The minimum Gasteiger partial charge on any atom is -0.330 e. The molecule has 0 aromatic heterocycles. The molecule has 0 spiro atoms. The Bertz CT molecular complexity index is 129. The lowest BCUT2D eigenvalue weighted by molar-refractivity contribution is 0.408. The van der Waals surface area contributed by atoms with Crippen LogP contribution in [0.4, 0.5) is 0 Å². The van der Waals surface area contributed by atoms with E-state index in [4.69, 9.17) is 5.73 Å². The third-order valence-electron chi connectivity index (χ3n) is 2.58. The van der Waals surface area contributed by atoms with Crippen molar-refractivity contribution in [3.8, 4) is 0 Å². The Morgan fingerprint density at radius 2 is 2.00 bits per heavy atom. The van der Waals surface area contributed by atoms with E-state index in [1.54, 1.807) is 0 Å². The molecule has 0 aromatic rings. The summed E-state index contributed by atoms with van der Waals surface area (Å²) in [4.78, 5) is 0. The Morgan fingerprint density at radius 3 is 2.73 bits per heavy atom. The predicted octanol–water partition coefficient (Wildman–Crippen LogP) is 2.33. The molecule has 64 valence electrons. The van der Waals surface area contributed by atoms with Crippen LogP contribution >= 0.6 is 0 Å². The highest BCUT2D eigenvalue weighted by molar-refractivity contribution is 4.88. The van der Waals surface area contributed by atoms with Crippen LogP contribution < -0.4 is 5.73 Å². The minimum absolute atomic E-state index is 0.744. The Labute approximate surface area is 69.7 Å². The SMILES string of the molecule is C[C@H]1C/C=C\CC(CN)CC1. The van der Waals surface area contributed by atoms with Crippen LogP contribution in [0.1, 0.15) is 32.6 Å². The van der Waals surface area contributed by atoms with Gasteiger partial charge >= 0.3 is 0 Å². The van der Waals surface area contributed by atoms with Gasteiger partial charge in [0.05, 0.1) is 0 Å². The molecule has 0 aromatic carbocycles. The van der Waals surface area contributed by atoms with Gasteiger partial charge in [-0.3, -0.25) is 0 Å². The second-order valence-electron chi connectivity index (χ2n) is 3.73. The zero-order chi connectivity index (χ0) is 8.10. The van der Waals surface area contributed by atoms with Crippen LogP contribution in [-0.4, -0.2) is 6.54 Å². The highest BCUT2D eigenvalue weighted by Crippen LogP contribution is 2.20. The van der Waals surface area contributed by atoms with E-state index in [9.17, 15) is 0 Å². The van der Waals surface area contributed by atoms with Gasteiger partial charge in [0, 0.05) is 0 Å². The van der Waals surface area contributed by atoms with Crippen molar-refractivity contribution in [2.45, 2.75) is 32.6 Å². The molecule has 0 saturated heterocycles. The van der Waals surface area contributed by atoms with Crippen molar-refractivity contribution in [3.63, 3.8) is 0 Å². The molecule has 0 amide bonds. The van der Waals surface area contributed by atoms with E-state index < -0.39 is 0 Å². The summed E-state index contributed by atoms with van der Waals surface area (Å²) in [5.41, 5.74) is 5.64. The van der Waals surface area contributed by atoms with Crippen molar-refractivity contribution < 1.29 is 0 Å². The van der Waals surface area contributed by atoms with Crippen molar-refractivity contribution in [3.05, 3.63) is 12.2 Å². The van der Waals surface area contributed by atoms with Crippen molar-refractivity contribution >= 4 is 0 Å². The molecule has 11 heavy (non-hydrogen) atoms. The van der Waals surface area contributed by atoms with Gasteiger partial charge in [0.1, 0.15) is 0 Å². The predicted molar refractivity (Wildman–Crippen MR) is 49.3 cm³/mol. The zero-order valence-corrected chi connectivity index (χ0v) is 7.42. The quantitative estimate of drug-likeness (QED) is 0.575. The first-order valence-electron chi connectivity index (χ1n) is 4.68. The van der Waals surface area contributed by atoms with Crippen LogP contribution in [-0.2, 0) is 0 Å². The number of hydrogen-bond donors (Lipinski definition) is 1. The van der Waals surface area contributed by atoms with Gasteiger partial charge in [0.25, 0.3) is 0 Å². The third kappa shape index (κ3) is 3.06. The van der Waals surface area contributed by atoms with Gasteiger partial charge in [-0.15, -0.1) is 0 Å². The second-order valence-corrected chi connectivity index (χ2v) is 3.73. The second kappa shape index (κ2) is 4.55. The van der Waals surface area contributed by atoms with Gasteiger partial charge in [-0.25, -0.2) is 0 Å². The maximum atomic E-state index is 5.64. The first-order chi connectivity index (χ1) is 5.33. The molecule has 1 aliphatic carbocycles. The molecule has 0 saturated carbocycles. The van der Waals surface area contributed by atoms with Crippen molar-refractivity contribution in [2.24, 2.45) is 17.6 Å². The van der Waals surface area contributed by atoms with Crippen LogP contribution in [0.15, 0.2) is 12.2 Å². The highest BCUT2D eigenvalue weighted by Gasteiger charge is 2.09. The van der Waals surface area contributed by atoms with Gasteiger partial charge in [-0.2, -0.15) is 0 Å². The highest BCUT2D eigenvalue weighted by atomic mass is 14.5. The summed E-state index contributed by atoms with van der Waals surface area (Å²) in [6.45, 7) is 3.18. The fraction of sp³-hybridized carbons (Fsp3) is 0.800. The average Bonchev–Trinajstić information content (AvgIpc) is 1.98. The van der Waals surface area contributed by atoms with Gasteiger partial charge in [-0.05, 0) is 37.6 Å². The maximum Gasteiger partial charge on any atom is -0.00459 e. The molecule has 0 heterocycles. The summed E-state index contributed by atoms with van der Waals surface area (Å²) in [6.07, 6.45) is 9.74. The third-order valence-corrected chi connectivity index (χ3v) is 2.58. The lowest BCUT2D eigenvalue weighted by atomic mass is 9.90. The molecule has 1 rings (SSSR count). The van der Waals surface area contributed by atoms with E-state index in [0.29, 0.717) is 0 Å². The molecule has 2 N–H and O–H groups in total. The summed E-state index contributed by atoms with van der Waals surface area (Å²) in [5, 5.41) is 0. The summed E-state index contributed by atoms with van der Waals surface area (Å²) in [7, 11) is 0.